The van der Waals surface area contributed by atoms with Crippen LogP contribution in [0.15, 0.2) is 36.5 Å². The van der Waals surface area contributed by atoms with E-state index in [1.165, 1.54) is 0 Å². The molecule has 1 heterocycles. The Labute approximate surface area is 124 Å². The molecule has 1 N–H and O–H groups in total. The van der Waals surface area contributed by atoms with Gasteiger partial charge in [0.05, 0.1) is 11.9 Å². The molecule has 7 heteroatoms. The van der Waals surface area contributed by atoms with Gasteiger partial charge < -0.3 is 5.11 Å². The first-order valence-electron chi connectivity index (χ1n) is 6.48. The average molecular weight is 310 g/mol. The summed E-state index contributed by atoms with van der Waals surface area (Å²) in [5.41, 5.74) is -0.0429. The molecule has 0 saturated heterocycles. The number of rotatable bonds is 4. The van der Waals surface area contributed by atoms with Gasteiger partial charge in [0.2, 0.25) is 0 Å². The molecule has 0 fully saturated rings. The second kappa shape index (κ2) is 6.05. The van der Waals surface area contributed by atoms with Gasteiger partial charge >= 0.3 is 12.1 Å². The molecule has 0 radical (unpaired) electrons. The molecule has 0 saturated carbocycles. The zero-order valence-corrected chi connectivity index (χ0v) is 11.6. The van der Waals surface area contributed by atoms with Crippen LogP contribution in [0.4, 0.5) is 13.2 Å². The first-order valence-corrected chi connectivity index (χ1v) is 6.48. The third-order valence-electron chi connectivity index (χ3n) is 3.06. The maximum Gasteiger partial charge on any atom is 0.434 e. The predicted octanol–water partition coefficient (Wildman–Crippen LogP) is 3.55. The summed E-state index contributed by atoms with van der Waals surface area (Å²) in [6, 6.07) is 6.55. The van der Waals surface area contributed by atoms with E-state index in [1.54, 1.807) is 24.3 Å². The number of halogens is 3. The Morgan fingerprint density at radius 1 is 1.32 bits per heavy atom. The number of aliphatic carboxylic acids is 1. The van der Waals surface area contributed by atoms with Gasteiger partial charge in [-0.25, -0.2) is 9.48 Å². The normalized spacial score (nSPS) is 12.0. The minimum Gasteiger partial charge on any atom is -0.478 e. The highest BCUT2D eigenvalue weighted by molar-refractivity contribution is 5.85. The summed E-state index contributed by atoms with van der Waals surface area (Å²) in [7, 11) is 0. The van der Waals surface area contributed by atoms with Crippen molar-refractivity contribution in [1.29, 1.82) is 0 Å². The summed E-state index contributed by atoms with van der Waals surface area (Å²) in [6.45, 7) is 1.94. The zero-order valence-electron chi connectivity index (χ0n) is 11.6. The summed E-state index contributed by atoms with van der Waals surface area (Å²) < 4.78 is 40.5. The van der Waals surface area contributed by atoms with Gasteiger partial charge in [-0.1, -0.05) is 19.1 Å². The highest BCUT2D eigenvalue weighted by atomic mass is 19.4. The van der Waals surface area contributed by atoms with Gasteiger partial charge in [-0.2, -0.15) is 18.3 Å². The van der Waals surface area contributed by atoms with E-state index >= 15 is 0 Å². The lowest BCUT2D eigenvalue weighted by molar-refractivity contribution is -0.143. The predicted molar refractivity (Wildman–Crippen MR) is 74.6 cm³/mol. The van der Waals surface area contributed by atoms with Crippen molar-refractivity contribution in [2.45, 2.75) is 19.5 Å². The number of carboxylic acid groups (broad SMARTS) is 1. The highest BCUT2D eigenvalue weighted by Crippen LogP contribution is 2.34. The Hall–Kier alpha value is -2.57. The molecule has 116 valence electrons. The first kappa shape index (κ1) is 15.8. The summed E-state index contributed by atoms with van der Waals surface area (Å²) in [5, 5.41) is 12.3. The van der Waals surface area contributed by atoms with Crippen molar-refractivity contribution in [3.05, 3.63) is 53.4 Å². The highest BCUT2D eigenvalue weighted by Gasteiger charge is 2.38. The minimum atomic E-state index is -4.65. The molecule has 2 rings (SSSR count). The number of carbonyl (C=O) groups is 1. The Balaban J connectivity index is 2.53. The number of aromatic nitrogens is 2. The summed E-state index contributed by atoms with van der Waals surface area (Å²) in [5.74, 6) is -1.33. The monoisotopic (exact) mass is 310 g/mol. The van der Waals surface area contributed by atoms with Crippen LogP contribution in [-0.2, 0) is 17.4 Å². The molecule has 22 heavy (non-hydrogen) atoms. The number of hydrogen-bond donors (Lipinski definition) is 1. The molecular weight excluding hydrogens is 297 g/mol. The van der Waals surface area contributed by atoms with Crippen LogP contribution in [0.25, 0.3) is 11.8 Å². The van der Waals surface area contributed by atoms with Gasteiger partial charge in [0.1, 0.15) is 0 Å². The molecule has 0 aliphatic heterocycles. The van der Waals surface area contributed by atoms with Crippen LogP contribution in [0.5, 0.6) is 0 Å². The van der Waals surface area contributed by atoms with Gasteiger partial charge in [0.25, 0.3) is 0 Å². The number of hydrogen-bond acceptors (Lipinski definition) is 2. The van der Waals surface area contributed by atoms with Gasteiger partial charge in [-0.3, -0.25) is 0 Å². The molecule has 0 aliphatic rings. The van der Waals surface area contributed by atoms with Crippen LogP contribution in [0.3, 0.4) is 0 Å². The first-order chi connectivity index (χ1) is 10.3. The van der Waals surface area contributed by atoms with E-state index in [0.29, 0.717) is 6.08 Å². The number of nitrogens with zero attached hydrogens (tertiary/aromatic N) is 2. The van der Waals surface area contributed by atoms with Crippen LogP contribution in [0, 0.1) is 0 Å². The van der Waals surface area contributed by atoms with Crippen molar-refractivity contribution >= 4 is 12.0 Å². The van der Waals surface area contributed by atoms with Crippen LogP contribution in [0.1, 0.15) is 23.7 Å². The molecule has 0 spiro atoms. The van der Waals surface area contributed by atoms with E-state index in [-0.39, 0.29) is 11.3 Å². The lowest BCUT2D eigenvalue weighted by Crippen LogP contribution is -2.14. The van der Waals surface area contributed by atoms with E-state index < -0.39 is 17.8 Å². The minimum absolute atomic E-state index is 0.263. The van der Waals surface area contributed by atoms with Gasteiger partial charge in [0.15, 0.2) is 5.69 Å². The third kappa shape index (κ3) is 3.36. The fourth-order valence-electron chi connectivity index (χ4n) is 2.00. The zero-order chi connectivity index (χ0) is 16.3. The van der Waals surface area contributed by atoms with E-state index in [4.69, 9.17) is 5.11 Å². The van der Waals surface area contributed by atoms with Crippen molar-refractivity contribution < 1.29 is 23.1 Å². The van der Waals surface area contributed by atoms with E-state index in [1.807, 2.05) is 6.92 Å². The Kier molecular flexibility index (Phi) is 4.35. The SMILES string of the molecule is CCc1ccc(-n2ncc(/C=C/C(=O)O)c2C(F)(F)F)cc1. The van der Waals surface area contributed by atoms with Gasteiger partial charge in [0, 0.05) is 11.6 Å². The smallest absolute Gasteiger partial charge is 0.434 e. The van der Waals surface area contributed by atoms with Crippen molar-refractivity contribution in [2.24, 2.45) is 0 Å². The molecule has 2 aromatic rings. The second-order valence-electron chi connectivity index (χ2n) is 4.55. The van der Waals surface area contributed by atoms with Crippen LogP contribution >= 0.6 is 0 Å². The summed E-state index contributed by atoms with van der Waals surface area (Å²) >= 11 is 0. The fourth-order valence-corrected chi connectivity index (χ4v) is 2.00. The van der Waals surface area contributed by atoms with Crippen molar-refractivity contribution in [3.8, 4) is 5.69 Å². The van der Waals surface area contributed by atoms with Crippen molar-refractivity contribution in [1.82, 2.24) is 9.78 Å². The largest absolute Gasteiger partial charge is 0.478 e. The summed E-state index contributed by atoms with van der Waals surface area (Å²) in [6.07, 6.45) is -1.35. The van der Waals surface area contributed by atoms with Gasteiger partial charge in [-0.15, -0.1) is 0 Å². The van der Waals surface area contributed by atoms with Crippen molar-refractivity contribution in [2.75, 3.05) is 0 Å². The molecule has 0 aliphatic carbocycles. The van der Waals surface area contributed by atoms with Crippen LogP contribution in [0.2, 0.25) is 0 Å². The maximum absolute atomic E-state index is 13.3. The van der Waals surface area contributed by atoms with E-state index in [0.717, 1.165) is 28.9 Å². The number of benzene rings is 1. The van der Waals surface area contributed by atoms with Gasteiger partial charge in [-0.05, 0) is 30.2 Å². The lowest BCUT2D eigenvalue weighted by Gasteiger charge is -2.12. The molecule has 0 atom stereocenters. The quantitative estimate of drug-likeness (QED) is 0.879. The lowest BCUT2D eigenvalue weighted by atomic mass is 10.1. The fraction of sp³-hybridized carbons (Fsp3) is 0.200. The standard InChI is InChI=1S/C15H13F3N2O2/c1-2-10-3-6-12(7-4-10)20-14(15(16,17)18)11(9-19-20)5-8-13(21)22/h3-9H,2H2,1H3,(H,21,22)/b8-5+. The van der Waals surface area contributed by atoms with Crippen LogP contribution < -0.4 is 0 Å². The third-order valence-corrected chi connectivity index (χ3v) is 3.06. The Bertz CT molecular complexity index is 701. The number of carboxylic acids is 1. The Morgan fingerprint density at radius 2 is 1.95 bits per heavy atom. The number of aryl methyl sites for hydroxylation is 1. The van der Waals surface area contributed by atoms with E-state index in [9.17, 15) is 18.0 Å². The second-order valence-corrected chi connectivity index (χ2v) is 4.55. The topological polar surface area (TPSA) is 55.1 Å². The maximum atomic E-state index is 13.3. The molecule has 1 aromatic carbocycles. The number of alkyl halides is 3. The molecular formula is C15H13F3N2O2. The molecule has 4 nitrogen and oxygen atoms in total. The molecule has 0 bridgehead atoms. The Morgan fingerprint density at radius 3 is 2.45 bits per heavy atom. The molecule has 0 amide bonds. The molecule has 1 aromatic heterocycles. The average Bonchev–Trinajstić information content (AvgIpc) is 2.89. The van der Waals surface area contributed by atoms with Crippen LogP contribution in [-0.4, -0.2) is 20.9 Å². The van der Waals surface area contributed by atoms with E-state index in [2.05, 4.69) is 5.10 Å². The molecule has 0 unspecified atom stereocenters. The summed E-state index contributed by atoms with van der Waals surface area (Å²) in [4.78, 5) is 10.5. The van der Waals surface area contributed by atoms with Crippen molar-refractivity contribution in [3.63, 3.8) is 0 Å².